The summed E-state index contributed by atoms with van der Waals surface area (Å²) in [7, 11) is -5.24. The van der Waals surface area contributed by atoms with E-state index in [9.17, 15) is 12.8 Å². The Bertz CT molecular complexity index is 823. The molecule has 2 saturated heterocycles. The third-order valence-corrected chi connectivity index (χ3v) is 6.50. The first-order valence-electron chi connectivity index (χ1n) is 9.35. The highest BCUT2D eigenvalue weighted by Gasteiger charge is 2.53. The Morgan fingerprint density at radius 3 is 2.39 bits per heavy atom. The molecular weight excluding hydrogens is 388 g/mol. The van der Waals surface area contributed by atoms with Gasteiger partial charge in [0, 0.05) is 12.1 Å². The largest absolute Gasteiger partial charge is 0.496 e. The van der Waals surface area contributed by atoms with E-state index in [0.717, 1.165) is 25.3 Å². The second kappa shape index (κ2) is 7.66. The number of rotatable bonds is 5. The molecule has 0 aliphatic carbocycles. The van der Waals surface area contributed by atoms with E-state index in [4.69, 9.17) is 23.9 Å². The predicted octanol–water partition coefficient (Wildman–Crippen LogP) is 1.82. The zero-order valence-corrected chi connectivity index (χ0v) is 17.5. The van der Waals surface area contributed by atoms with Crippen LogP contribution in [0.25, 0.3) is 0 Å². The summed E-state index contributed by atoms with van der Waals surface area (Å²) < 4.78 is 61.9. The maximum Gasteiger partial charge on any atom is 0.496 e. The normalized spacial score (nSPS) is 24.5. The van der Waals surface area contributed by atoms with Gasteiger partial charge in [0.15, 0.2) is 6.29 Å². The van der Waals surface area contributed by atoms with Crippen LogP contribution in [0.3, 0.4) is 0 Å². The van der Waals surface area contributed by atoms with Crippen molar-refractivity contribution in [3.05, 3.63) is 23.5 Å². The Morgan fingerprint density at radius 2 is 1.86 bits per heavy atom. The molecule has 7 nitrogen and oxygen atoms in total. The first kappa shape index (κ1) is 21.7. The molecule has 2 heterocycles. The molecule has 3 rings (SSSR count). The van der Waals surface area contributed by atoms with E-state index >= 15 is 0 Å². The average Bonchev–Trinajstić information content (AvgIpc) is 2.80. The fourth-order valence-electron chi connectivity index (χ4n) is 3.26. The monoisotopic (exact) mass is 415 g/mol. The van der Waals surface area contributed by atoms with Gasteiger partial charge in [-0.05, 0) is 64.7 Å². The SMILES string of the molecule is CC1(C)OB(c2c(COC3CCCCO3)cc(F)cc2S(N)(=O)=O)OC1(C)C. The van der Waals surface area contributed by atoms with Gasteiger partial charge in [-0.15, -0.1) is 0 Å². The molecule has 2 N–H and O–H groups in total. The Morgan fingerprint density at radius 1 is 1.21 bits per heavy atom. The van der Waals surface area contributed by atoms with E-state index in [-0.39, 0.29) is 17.0 Å². The second-order valence-corrected chi connectivity index (χ2v) is 9.75. The highest BCUT2D eigenvalue weighted by molar-refractivity contribution is 7.89. The highest BCUT2D eigenvalue weighted by atomic mass is 32.2. The molecule has 0 amide bonds. The number of benzene rings is 1. The number of hydrogen-bond donors (Lipinski definition) is 1. The van der Waals surface area contributed by atoms with Crippen LogP contribution in [0.2, 0.25) is 0 Å². The van der Waals surface area contributed by atoms with Crippen LogP contribution in [0.4, 0.5) is 4.39 Å². The molecule has 0 spiro atoms. The molecule has 2 aliphatic heterocycles. The molecule has 156 valence electrons. The number of primary sulfonamides is 1. The summed E-state index contributed by atoms with van der Waals surface area (Å²) in [6.07, 6.45) is 2.25. The van der Waals surface area contributed by atoms with Crippen molar-refractivity contribution in [1.29, 1.82) is 0 Å². The van der Waals surface area contributed by atoms with Gasteiger partial charge < -0.3 is 18.8 Å². The van der Waals surface area contributed by atoms with Crippen LogP contribution in [-0.4, -0.2) is 39.6 Å². The molecule has 1 unspecified atom stereocenters. The summed E-state index contributed by atoms with van der Waals surface area (Å²) in [5, 5.41) is 5.37. The van der Waals surface area contributed by atoms with Gasteiger partial charge in [0.25, 0.3) is 0 Å². The summed E-state index contributed by atoms with van der Waals surface area (Å²) in [4.78, 5) is -0.367. The van der Waals surface area contributed by atoms with Crippen LogP contribution in [0.5, 0.6) is 0 Å². The Balaban J connectivity index is 2.00. The van der Waals surface area contributed by atoms with Crippen molar-refractivity contribution in [1.82, 2.24) is 0 Å². The number of nitrogens with two attached hydrogens (primary N) is 1. The summed E-state index contributed by atoms with van der Waals surface area (Å²) >= 11 is 0. The minimum absolute atomic E-state index is 0.0512. The average molecular weight is 415 g/mol. The maximum atomic E-state index is 14.2. The molecule has 0 bridgehead atoms. The Hall–Kier alpha value is -1.04. The van der Waals surface area contributed by atoms with Crippen LogP contribution < -0.4 is 10.6 Å². The van der Waals surface area contributed by atoms with Crippen LogP contribution in [-0.2, 0) is 35.4 Å². The number of halogens is 1. The molecule has 1 aromatic rings. The number of hydrogen-bond acceptors (Lipinski definition) is 6. The van der Waals surface area contributed by atoms with E-state index in [1.165, 1.54) is 6.07 Å². The molecule has 1 atom stereocenters. The van der Waals surface area contributed by atoms with Gasteiger partial charge in [0.05, 0.1) is 22.7 Å². The molecule has 28 heavy (non-hydrogen) atoms. The molecule has 2 aliphatic rings. The van der Waals surface area contributed by atoms with Crippen molar-refractivity contribution in [3.8, 4) is 0 Å². The first-order valence-corrected chi connectivity index (χ1v) is 10.9. The van der Waals surface area contributed by atoms with Gasteiger partial charge >= 0.3 is 7.12 Å². The predicted molar refractivity (Wildman–Crippen MR) is 102 cm³/mol. The third-order valence-electron chi connectivity index (χ3n) is 5.55. The van der Waals surface area contributed by atoms with Crippen molar-refractivity contribution in [2.24, 2.45) is 5.14 Å². The molecule has 0 saturated carbocycles. The van der Waals surface area contributed by atoms with Crippen molar-refractivity contribution >= 4 is 22.6 Å². The van der Waals surface area contributed by atoms with Crippen LogP contribution in [0.1, 0.15) is 52.5 Å². The van der Waals surface area contributed by atoms with Crippen molar-refractivity contribution < 1.29 is 31.6 Å². The van der Waals surface area contributed by atoms with Crippen molar-refractivity contribution in [3.63, 3.8) is 0 Å². The quantitative estimate of drug-likeness (QED) is 0.737. The molecule has 1 aromatic carbocycles. The molecule has 2 fully saturated rings. The van der Waals surface area contributed by atoms with Crippen LogP contribution in [0, 0.1) is 5.82 Å². The van der Waals surface area contributed by atoms with E-state index in [0.29, 0.717) is 12.2 Å². The highest BCUT2D eigenvalue weighted by Crippen LogP contribution is 2.37. The lowest BCUT2D eigenvalue weighted by molar-refractivity contribution is -0.168. The molecule has 0 aromatic heterocycles. The minimum atomic E-state index is -4.22. The molecule has 0 radical (unpaired) electrons. The third kappa shape index (κ3) is 4.42. The summed E-state index contributed by atoms with van der Waals surface area (Å²) in [5.41, 5.74) is -0.937. The lowest BCUT2D eigenvalue weighted by atomic mass is 9.76. The van der Waals surface area contributed by atoms with Gasteiger partial charge in [-0.1, -0.05) is 0 Å². The van der Waals surface area contributed by atoms with E-state index in [1.807, 2.05) is 27.7 Å². The summed E-state index contributed by atoms with van der Waals surface area (Å²) in [6.45, 7) is 7.93. The fraction of sp³-hybridized carbons (Fsp3) is 0.667. The smallest absolute Gasteiger partial charge is 0.399 e. The van der Waals surface area contributed by atoms with E-state index < -0.39 is 40.5 Å². The second-order valence-electron chi connectivity index (χ2n) is 8.22. The topological polar surface area (TPSA) is 97.1 Å². The molecular formula is C18H27BFNO6S. The van der Waals surface area contributed by atoms with Crippen molar-refractivity contribution in [2.45, 2.75) is 76.0 Å². The summed E-state index contributed by atoms with van der Waals surface area (Å²) in [5.74, 6) is -0.729. The Labute approximate surface area is 165 Å². The van der Waals surface area contributed by atoms with Gasteiger partial charge in [0.1, 0.15) is 5.82 Å². The maximum absolute atomic E-state index is 14.2. The van der Waals surface area contributed by atoms with Crippen molar-refractivity contribution in [2.75, 3.05) is 6.61 Å². The zero-order chi connectivity index (χ0) is 20.7. The molecule has 10 heteroatoms. The lowest BCUT2D eigenvalue weighted by Gasteiger charge is -2.32. The first-order chi connectivity index (χ1) is 12.9. The fourth-order valence-corrected chi connectivity index (χ4v) is 4.07. The zero-order valence-electron chi connectivity index (χ0n) is 16.7. The Kier molecular flexibility index (Phi) is 5.93. The van der Waals surface area contributed by atoms with Crippen LogP contribution >= 0.6 is 0 Å². The number of sulfonamides is 1. The lowest BCUT2D eigenvalue weighted by Crippen LogP contribution is -2.42. The van der Waals surface area contributed by atoms with Gasteiger partial charge in [0.2, 0.25) is 10.0 Å². The minimum Gasteiger partial charge on any atom is -0.399 e. The van der Waals surface area contributed by atoms with E-state index in [2.05, 4.69) is 0 Å². The number of ether oxygens (including phenoxy) is 2. The summed E-state index contributed by atoms with van der Waals surface area (Å²) in [6, 6.07) is 2.11. The van der Waals surface area contributed by atoms with Crippen LogP contribution in [0.15, 0.2) is 17.0 Å². The standard InChI is InChI=1S/C18H27BFNO6S/c1-17(2)18(3,4)27-19(26-17)16-12(11-25-15-7-5-6-8-24-15)9-13(20)10-14(16)28(21,22)23/h9-10,15H,5-8,11H2,1-4H3,(H2,21,22,23). The van der Waals surface area contributed by atoms with Gasteiger partial charge in [-0.3, -0.25) is 0 Å². The van der Waals surface area contributed by atoms with E-state index in [1.54, 1.807) is 0 Å². The van der Waals surface area contributed by atoms with Gasteiger partial charge in [-0.2, -0.15) is 0 Å². The van der Waals surface area contributed by atoms with Gasteiger partial charge in [-0.25, -0.2) is 17.9 Å².